The maximum atomic E-state index is 6.15. The Bertz CT molecular complexity index is 732. The summed E-state index contributed by atoms with van der Waals surface area (Å²) in [5, 5.41) is 3.92. The molecule has 4 aliphatic rings. The second-order valence-corrected chi connectivity index (χ2v) is 9.06. The number of nitrogens with zero attached hydrogens (tertiary/aromatic N) is 2. The summed E-state index contributed by atoms with van der Waals surface area (Å²) in [6, 6.07) is 9.11. The van der Waals surface area contributed by atoms with E-state index in [9.17, 15) is 0 Å². The Morgan fingerprint density at radius 2 is 1.97 bits per heavy atom. The highest BCUT2D eigenvalue weighted by Crippen LogP contribution is 2.60. The summed E-state index contributed by atoms with van der Waals surface area (Å²) in [5.41, 5.74) is 1.77. The fourth-order valence-electron chi connectivity index (χ4n) is 6.44. The molecule has 5 nitrogen and oxygen atoms in total. The van der Waals surface area contributed by atoms with Crippen LogP contribution in [0.5, 0.6) is 5.75 Å². The van der Waals surface area contributed by atoms with Gasteiger partial charge in [0.2, 0.25) is 0 Å². The first-order valence-electron chi connectivity index (χ1n) is 11.0. The molecule has 1 N–H and O–H groups in total. The van der Waals surface area contributed by atoms with Crippen molar-refractivity contribution in [3.63, 3.8) is 0 Å². The third kappa shape index (κ3) is 3.54. The van der Waals surface area contributed by atoms with Gasteiger partial charge in [0.1, 0.15) is 5.75 Å². The van der Waals surface area contributed by atoms with Crippen molar-refractivity contribution < 1.29 is 9.47 Å². The average Bonchev–Trinajstić information content (AvgIpc) is 3.48. The van der Waals surface area contributed by atoms with E-state index in [1.54, 1.807) is 7.11 Å². The van der Waals surface area contributed by atoms with Gasteiger partial charge in [-0.15, -0.1) is 24.0 Å². The number of benzene rings is 1. The molecule has 29 heavy (non-hydrogen) atoms. The van der Waals surface area contributed by atoms with E-state index in [-0.39, 0.29) is 24.0 Å². The SMILES string of the molecule is CN=C(NC1C2CCOC2C12CCCC2)N1CCC(c2ccc(OC)cc2)C1.I. The van der Waals surface area contributed by atoms with Crippen molar-refractivity contribution in [2.24, 2.45) is 16.3 Å². The van der Waals surface area contributed by atoms with E-state index in [0.29, 0.717) is 29.4 Å². The Morgan fingerprint density at radius 3 is 2.66 bits per heavy atom. The average molecular weight is 511 g/mol. The number of nitrogens with one attached hydrogen (secondary N) is 1. The molecule has 4 fully saturated rings. The van der Waals surface area contributed by atoms with Crippen LogP contribution in [-0.4, -0.2) is 56.9 Å². The van der Waals surface area contributed by atoms with Crippen LogP contribution in [0, 0.1) is 11.3 Å². The number of aliphatic imine (C=N–C) groups is 1. The smallest absolute Gasteiger partial charge is 0.193 e. The predicted octanol–water partition coefficient (Wildman–Crippen LogP) is 4.03. The minimum Gasteiger partial charge on any atom is -0.497 e. The lowest BCUT2D eigenvalue weighted by molar-refractivity contribution is -0.125. The molecule has 160 valence electrons. The van der Waals surface area contributed by atoms with E-state index in [1.807, 2.05) is 7.05 Å². The molecule has 0 radical (unpaired) electrons. The van der Waals surface area contributed by atoms with Crippen LogP contribution in [0.15, 0.2) is 29.3 Å². The quantitative estimate of drug-likeness (QED) is 0.379. The Hall–Kier alpha value is -1.02. The number of hydrogen-bond donors (Lipinski definition) is 1. The second-order valence-electron chi connectivity index (χ2n) is 9.06. The molecule has 6 heteroatoms. The van der Waals surface area contributed by atoms with Gasteiger partial charge in [-0.1, -0.05) is 25.0 Å². The maximum Gasteiger partial charge on any atom is 0.193 e. The summed E-state index contributed by atoms with van der Waals surface area (Å²) in [6.07, 6.45) is 8.22. The Kier molecular flexibility index (Phi) is 6.30. The Labute approximate surface area is 191 Å². The number of ether oxygens (including phenoxy) is 2. The number of guanidine groups is 1. The topological polar surface area (TPSA) is 46.1 Å². The summed E-state index contributed by atoms with van der Waals surface area (Å²) >= 11 is 0. The minimum absolute atomic E-state index is 0. The third-order valence-corrected chi connectivity index (χ3v) is 7.86. The molecule has 4 unspecified atom stereocenters. The van der Waals surface area contributed by atoms with Crippen LogP contribution in [-0.2, 0) is 4.74 Å². The lowest BCUT2D eigenvalue weighted by Crippen LogP contribution is -2.69. The zero-order valence-corrected chi connectivity index (χ0v) is 19.9. The Balaban J connectivity index is 0.00000205. The summed E-state index contributed by atoms with van der Waals surface area (Å²) in [5.74, 6) is 3.26. The van der Waals surface area contributed by atoms with Crippen molar-refractivity contribution in [2.45, 2.75) is 56.6 Å². The number of rotatable bonds is 3. The summed E-state index contributed by atoms with van der Waals surface area (Å²) in [4.78, 5) is 7.15. The molecule has 2 saturated heterocycles. The largest absolute Gasteiger partial charge is 0.497 e. The molecule has 2 aliphatic heterocycles. The van der Waals surface area contributed by atoms with Gasteiger partial charge in [-0.2, -0.15) is 0 Å². The van der Waals surface area contributed by atoms with E-state index in [0.717, 1.165) is 31.4 Å². The molecule has 1 spiro atoms. The van der Waals surface area contributed by atoms with Crippen LogP contribution >= 0.6 is 24.0 Å². The highest BCUT2D eigenvalue weighted by molar-refractivity contribution is 14.0. The molecule has 2 heterocycles. The van der Waals surface area contributed by atoms with Gasteiger partial charge in [0.25, 0.3) is 0 Å². The van der Waals surface area contributed by atoms with E-state index in [4.69, 9.17) is 9.47 Å². The van der Waals surface area contributed by atoms with Crippen LogP contribution < -0.4 is 10.1 Å². The maximum absolute atomic E-state index is 6.15. The number of fused-ring (bicyclic) bond motifs is 2. The highest BCUT2D eigenvalue weighted by Gasteiger charge is 2.65. The van der Waals surface area contributed by atoms with E-state index in [2.05, 4.69) is 39.5 Å². The van der Waals surface area contributed by atoms with Crippen LogP contribution in [0.1, 0.15) is 50.0 Å². The van der Waals surface area contributed by atoms with Gasteiger partial charge in [-0.3, -0.25) is 4.99 Å². The monoisotopic (exact) mass is 511 g/mol. The fraction of sp³-hybridized carbons (Fsp3) is 0.696. The van der Waals surface area contributed by atoms with Gasteiger partial charge in [-0.25, -0.2) is 0 Å². The molecule has 0 bridgehead atoms. The van der Waals surface area contributed by atoms with Gasteiger partial charge < -0.3 is 19.7 Å². The van der Waals surface area contributed by atoms with Gasteiger partial charge >= 0.3 is 0 Å². The van der Waals surface area contributed by atoms with Crippen molar-refractivity contribution in [3.05, 3.63) is 29.8 Å². The van der Waals surface area contributed by atoms with Gasteiger partial charge in [0.15, 0.2) is 5.96 Å². The van der Waals surface area contributed by atoms with Crippen molar-refractivity contribution in [3.8, 4) is 5.75 Å². The number of likely N-dealkylation sites (tertiary alicyclic amines) is 1. The minimum atomic E-state index is 0. The van der Waals surface area contributed by atoms with Crippen LogP contribution in [0.2, 0.25) is 0 Å². The zero-order chi connectivity index (χ0) is 19.1. The molecular weight excluding hydrogens is 477 g/mol. The first-order chi connectivity index (χ1) is 13.7. The van der Waals surface area contributed by atoms with Crippen LogP contribution in [0.4, 0.5) is 0 Å². The molecule has 0 aromatic heterocycles. The second kappa shape index (κ2) is 8.61. The first-order valence-corrected chi connectivity index (χ1v) is 11.0. The molecule has 2 saturated carbocycles. The molecule has 1 aromatic rings. The summed E-state index contributed by atoms with van der Waals surface area (Å²) in [6.45, 7) is 3.05. The molecule has 5 rings (SSSR count). The highest BCUT2D eigenvalue weighted by atomic mass is 127. The van der Waals surface area contributed by atoms with Gasteiger partial charge in [-0.05, 0) is 43.4 Å². The summed E-state index contributed by atoms with van der Waals surface area (Å²) < 4.78 is 11.5. The lowest BCUT2D eigenvalue weighted by Gasteiger charge is -2.57. The number of hydrogen-bond acceptors (Lipinski definition) is 3. The van der Waals surface area contributed by atoms with E-state index < -0.39 is 0 Å². The molecule has 0 amide bonds. The molecule has 1 aromatic carbocycles. The molecule has 4 atom stereocenters. The molecule has 2 aliphatic carbocycles. The summed E-state index contributed by atoms with van der Waals surface area (Å²) in [7, 11) is 3.66. The predicted molar refractivity (Wildman–Crippen MR) is 126 cm³/mol. The van der Waals surface area contributed by atoms with Crippen molar-refractivity contribution in [1.82, 2.24) is 10.2 Å². The number of halogens is 1. The van der Waals surface area contributed by atoms with Crippen molar-refractivity contribution >= 4 is 29.9 Å². The fourth-order valence-corrected chi connectivity index (χ4v) is 6.44. The van der Waals surface area contributed by atoms with Gasteiger partial charge in [0, 0.05) is 50.0 Å². The number of methoxy groups -OCH3 is 1. The zero-order valence-electron chi connectivity index (χ0n) is 17.6. The normalized spacial score (nSPS) is 32.6. The van der Waals surface area contributed by atoms with Crippen molar-refractivity contribution in [1.29, 1.82) is 0 Å². The van der Waals surface area contributed by atoms with E-state index in [1.165, 1.54) is 44.1 Å². The first kappa shape index (κ1) is 21.2. The molecular formula is C23H34IN3O2. The lowest BCUT2D eigenvalue weighted by atomic mass is 9.54. The Morgan fingerprint density at radius 1 is 1.21 bits per heavy atom. The standard InChI is InChI=1S/C23H33N3O2.HI/c1-24-22(25-20-19-10-14-28-21(19)23(20)11-3-4-12-23)26-13-9-17(15-26)16-5-7-18(27-2)8-6-16;/h5-8,17,19-21H,3-4,9-15H2,1-2H3,(H,24,25);1H. The van der Waals surface area contributed by atoms with Crippen molar-refractivity contribution in [2.75, 3.05) is 33.9 Å². The van der Waals surface area contributed by atoms with Crippen LogP contribution in [0.3, 0.4) is 0 Å². The van der Waals surface area contributed by atoms with E-state index >= 15 is 0 Å². The third-order valence-electron chi connectivity index (χ3n) is 7.86. The van der Waals surface area contributed by atoms with Gasteiger partial charge in [0.05, 0.1) is 13.2 Å². The van der Waals surface area contributed by atoms with Crippen LogP contribution in [0.25, 0.3) is 0 Å².